The van der Waals surface area contributed by atoms with E-state index in [1.807, 2.05) is 12.1 Å². The number of allylic oxidation sites excluding steroid dienone is 4. The van der Waals surface area contributed by atoms with Crippen LogP contribution in [0.3, 0.4) is 0 Å². The number of aliphatic hydroxyl groups is 1. The maximum Gasteiger partial charge on any atom is 0.231 e. The van der Waals surface area contributed by atoms with Gasteiger partial charge in [0.1, 0.15) is 5.60 Å². The Hall–Kier alpha value is -2.51. The van der Waals surface area contributed by atoms with Gasteiger partial charge < -0.3 is 14.6 Å². The van der Waals surface area contributed by atoms with Crippen molar-refractivity contribution in [2.75, 3.05) is 6.79 Å². The first-order chi connectivity index (χ1) is 17.9. The Labute approximate surface area is 221 Å². The monoisotopic (exact) mass is 500 g/mol. The summed E-state index contributed by atoms with van der Waals surface area (Å²) in [6.45, 7) is 4.81. The zero-order valence-corrected chi connectivity index (χ0v) is 22.4. The molecular weight excluding hydrogens is 460 g/mol. The minimum Gasteiger partial charge on any atom is -0.454 e. The maximum atomic E-state index is 12.3. The summed E-state index contributed by atoms with van der Waals surface area (Å²) in [7, 11) is 0. The first kappa shape index (κ1) is 24.8. The van der Waals surface area contributed by atoms with Crippen LogP contribution in [0.5, 0.6) is 11.5 Å². The number of ketones is 1. The summed E-state index contributed by atoms with van der Waals surface area (Å²) in [5.74, 6) is 9.74. The van der Waals surface area contributed by atoms with Crippen molar-refractivity contribution in [3.63, 3.8) is 0 Å². The number of hydrogen-bond donors (Lipinski definition) is 1. The van der Waals surface area contributed by atoms with E-state index in [4.69, 9.17) is 9.47 Å². The molecule has 4 nitrogen and oxygen atoms in total. The Bertz CT molecular complexity index is 1210. The van der Waals surface area contributed by atoms with E-state index in [1.54, 1.807) is 0 Å². The molecule has 0 spiro atoms. The third-order valence-electron chi connectivity index (χ3n) is 10.1. The highest BCUT2D eigenvalue weighted by molar-refractivity contribution is 5.93. The molecule has 0 unspecified atom stereocenters. The smallest absolute Gasteiger partial charge is 0.231 e. The summed E-state index contributed by atoms with van der Waals surface area (Å²) in [5.41, 5.74) is 4.23. The molecule has 1 aromatic carbocycles. The van der Waals surface area contributed by atoms with E-state index in [2.05, 4.69) is 37.8 Å². The third kappa shape index (κ3) is 4.15. The first-order valence-corrected chi connectivity index (χ1v) is 14.5. The highest BCUT2D eigenvalue weighted by atomic mass is 16.7. The zero-order valence-electron chi connectivity index (χ0n) is 22.4. The standard InChI is InChI=1S/C33H40O4/c1-3-4-5-6-7-8-16-33(35)17-15-28-26-12-9-22-18-24(34)11-13-25(22)31(26)27(20-32(28,33)2)23-10-14-29-30(19-23)37-21-36-29/h10,14,18-19,26-28,35H,3-7,9,11-13,15,17,20-21H2,1-2H3/t26-,27+,28-,32-,33-/m0/s1. The van der Waals surface area contributed by atoms with E-state index in [-0.39, 0.29) is 23.9 Å². The van der Waals surface area contributed by atoms with Crippen molar-refractivity contribution < 1.29 is 19.4 Å². The Morgan fingerprint density at radius 2 is 1.95 bits per heavy atom. The number of benzene rings is 1. The highest BCUT2D eigenvalue weighted by Crippen LogP contribution is 2.66. The van der Waals surface area contributed by atoms with E-state index < -0.39 is 5.60 Å². The van der Waals surface area contributed by atoms with E-state index in [1.165, 1.54) is 41.5 Å². The van der Waals surface area contributed by atoms with Crippen LogP contribution in [0.2, 0.25) is 0 Å². The van der Waals surface area contributed by atoms with Gasteiger partial charge in [0.25, 0.3) is 0 Å². The molecule has 2 saturated carbocycles. The number of rotatable bonds is 5. The lowest BCUT2D eigenvalue weighted by Gasteiger charge is -2.53. The van der Waals surface area contributed by atoms with Gasteiger partial charge in [0.2, 0.25) is 6.79 Å². The summed E-state index contributed by atoms with van der Waals surface area (Å²) in [6, 6.07) is 6.37. The van der Waals surface area contributed by atoms with E-state index in [0.29, 0.717) is 18.3 Å². The fourth-order valence-corrected chi connectivity index (χ4v) is 8.15. The zero-order chi connectivity index (χ0) is 25.6. The van der Waals surface area contributed by atoms with Gasteiger partial charge in [0.15, 0.2) is 17.3 Å². The lowest BCUT2D eigenvalue weighted by molar-refractivity contribution is -0.114. The molecule has 2 fully saturated rings. The van der Waals surface area contributed by atoms with Crippen LogP contribution >= 0.6 is 0 Å². The number of hydrogen-bond acceptors (Lipinski definition) is 4. The molecule has 5 atom stereocenters. The van der Waals surface area contributed by atoms with E-state index in [9.17, 15) is 9.90 Å². The molecule has 37 heavy (non-hydrogen) atoms. The van der Waals surface area contributed by atoms with Crippen molar-refractivity contribution >= 4 is 5.78 Å². The number of carbonyl (C=O) groups excluding carboxylic acids is 1. The van der Waals surface area contributed by atoms with Crippen molar-refractivity contribution in [2.24, 2.45) is 17.3 Å². The van der Waals surface area contributed by atoms with E-state index >= 15 is 0 Å². The van der Waals surface area contributed by atoms with Gasteiger partial charge in [-0.15, -0.1) is 5.92 Å². The van der Waals surface area contributed by atoms with Gasteiger partial charge in [-0.05, 0) is 91.7 Å². The fourth-order valence-electron chi connectivity index (χ4n) is 8.15. The molecule has 5 aliphatic rings. The van der Waals surface area contributed by atoms with Gasteiger partial charge in [-0.2, -0.15) is 0 Å². The largest absolute Gasteiger partial charge is 0.454 e. The molecule has 0 bridgehead atoms. The second-order valence-electron chi connectivity index (χ2n) is 12.1. The molecule has 1 aromatic rings. The van der Waals surface area contributed by atoms with Crippen molar-refractivity contribution in [3.8, 4) is 23.3 Å². The molecule has 0 aromatic heterocycles. The minimum absolute atomic E-state index is 0.184. The maximum absolute atomic E-state index is 12.3. The average Bonchev–Trinajstić information content (AvgIpc) is 3.47. The van der Waals surface area contributed by atoms with Crippen LogP contribution in [0.25, 0.3) is 0 Å². The Balaban J connectivity index is 1.40. The summed E-state index contributed by atoms with van der Waals surface area (Å²) in [4.78, 5) is 12.3. The number of ether oxygens (including phenoxy) is 2. The Kier molecular flexibility index (Phi) is 6.48. The lowest BCUT2D eigenvalue weighted by atomic mass is 9.51. The third-order valence-corrected chi connectivity index (χ3v) is 10.1. The first-order valence-electron chi connectivity index (χ1n) is 14.5. The second-order valence-corrected chi connectivity index (χ2v) is 12.1. The average molecular weight is 501 g/mol. The lowest BCUT2D eigenvalue weighted by Crippen LogP contribution is -2.51. The quantitative estimate of drug-likeness (QED) is 0.349. The molecular formula is C33H40O4. The summed E-state index contributed by atoms with van der Waals surface area (Å²) < 4.78 is 11.4. The van der Waals surface area contributed by atoms with Crippen LogP contribution in [0.15, 0.2) is 41.0 Å². The van der Waals surface area contributed by atoms with Gasteiger partial charge in [0, 0.05) is 24.2 Å². The number of carbonyl (C=O) groups is 1. The Morgan fingerprint density at radius 1 is 1.08 bits per heavy atom. The van der Waals surface area contributed by atoms with Crippen LogP contribution in [0.4, 0.5) is 0 Å². The molecule has 4 aliphatic carbocycles. The Morgan fingerprint density at radius 3 is 2.81 bits per heavy atom. The highest BCUT2D eigenvalue weighted by Gasteiger charge is 2.62. The molecule has 1 aliphatic heterocycles. The van der Waals surface area contributed by atoms with Crippen molar-refractivity contribution in [2.45, 2.75) is 102 Å². The van der Waals surface area contributed by atoms with Gasteiger partial charge in [-0.25, -0.2) is 0 Å². The number of unbranched alkanes of at least 4 members (excludes halogenated alkanes) is 4. The summed E-state index contributed by atoms with van der Waals surface area (Å²) >= 11 is 0. The van der Waals surface area contributed by atoms with Crippen molar-refractivity contribution in [3.05, 3.63) is 46.6 Å². The van der Waals surface area contributed by atoms with Gasteiger partial charge >= 0.3 is 0 Å². The van der Waals surface area contributed by atoms with Gasteiger partial charge in [-0.1, -0.05) is 50.7 Å². The molecule has 196 valence electrons. The molecule has 4 heteroatoms. The van der Waals surface area contributed by atoms with Gasteiger partial charge in [0.05, 0.1) is 0 Å². The molecule has 1 heterocycles. The fraction of sp³-hybridized carbons (Fsp3) is 0.606. The minimum atomic E-state index is -0.953. The van der Waals surface area contributed by atoms with Crippen LogP contribution in [-0.4, -0.2) is 23.3 Å². The number of fused-ring (bicyclic) bond motifs is 5. The molecule has 0 amide bonds. The molecule has 6 rings (SSSR count). The van der Waals surface area contributed by atoms with Crippen LogP contribution < -0.4 is 9.47 Å². The SMILES string of the molecule is CCCCCCC#C[C@]1(O)CC[C@H]2[C@@H]3CCC4=CC(=O)CCC4=C3[C@@H](c3ccc4c(c3)OCO4)C[C@@]21C. The van der Waals surface area contributed by atoms with Gasteiger partial charge in [-0.3, -0.25) is 4.79 Å². The van der Waals surface area contributed by atoms with Crippen LogP contribution in [-0.2, 0) is 4.79 Å². The van der Waals surface area contributed by atoms with Crippen molar-refractivity contribution in [1.29, 1.82) is 0 Å². The topological polar surface area (TPSA) is 55.8 Å². The summed E-state index contributed by atoms with van der Waals surface area (Å²) in [6.07, 6.45) is 13.7. The predicted octanol–water partition coefficient (Wildman–Crippen LogP) is 7.02. The molecule has 0 radical (unpaired) electrons. The molecule has 0 saturated heterocycles. The second kappa shape index (κ2) is 9.66. The van der Waals surface area contributed by atoms with E-state index in [0.717, 1.165) is 62.9 Å². The predicted molar refractivity (Wildman–Crippen MR) is 144 cm³/mol. The normalized spacial score (nSPS) is 33.8. The summed E-state index contributed by atoms with van der Waals surface area (Å²) in [5, 5.41) is 12.1. The van der Waals surface area contributed by atoms with Crippen molar-refractivity contribution in [1.82, 2.24) is 0 Å². The van der Waals surface area contributed by atoms with Crippen LogP contribution in [0.1, 0.15) is 102 Å². The molecule has 1 N–H and O–H groups in total. The van der Waals surface area contributed by atoms with Crippen LogP contribution in [0, 0.1) is 29.1 Å².